The maximum absolute atomic E-state index is 12.1. The van der Waals surface area contributed by atoms with Crippen molar-refractivity contribution < 1.29 is 9.59 Å². The number of H-pyrrole nitrogens is 1. The molecule has 1 atom stereocenters. The third-order valence-corrected chi connectivity index (χ3v) is 3.37. The number of fused-ring (bicyclic) bond motifs is 1. The van der Waals surface area contributed by atoms with Crippen molar-refractivity contribution in [2.45, 2.75) is 31.8 Å². The number of aromatic nitrogens is 2. The van der Waals surface area contributed by atoms with Gasteiger partial charge in [0.2, 0.25) is 5.91 Å². The van der Waals surface area contributed by atoms with Crippen molar-refractivity contribution in [2.75, 3.05) is 0 Å². The lowest BCUT2D eigenvalue weighted by Crippen LogP contribution is -2.45. The van der Waals surface area contributed by atoms with E-state index < -0.39 is 6.04 Å². The third kappa shape index (κ3) is 2.64. The molecule has 2 amide bonds. The molecule has 1 saturated carbocycles. The fraction of sp³-hybridized carbons (Fsp3) is 0.357. The summed E-state index contributed by atoms with van der Waals surface area (Å²) in [7, 11) is 0. The number of carbonyl (C=O) groups excluding carboxylic acids is 2. The van der Waals surface area contributed by atoms with Crippen molar-refractivity contribution in [1.82, 2.24) is 20.8 Å². The Morgan fingerprint density at radius 3 is 2.95 bits per heavy atom. The second-order valence-corrected chi connectivity index (χ2v) is 5.15. The number of benzene rings is 1. The van der Waals surface area contributed by atoms with Crippen LogP contribution < -0.4 is 10.6 Å². The number of rotatable bonds is 4. The van der Waals surface area contributed by atoms with Gasteiger partial charge in [0.05, 0.1) is 11.7 Å². The first kappa shape index (κ1) is 12.7. The number of carbonyl (C=O) groups is 2. The number of hydrogen-bond donors (Lipinski definition) is 3. The van der Waals surface area contributed by atoms with Gasteiger partial charge in [-0.2, -0.15) is 5.10 Å². The summed E-state index contributed by atoms with van der Waals surface area (Å²) < 4.78 is 0. The largest absolute Gasteiger partial charge is 0.352 e. The molecule has 0 bridgehead atoms. The number of aromatic amines is 1. The molecule has 0 saturated heterocycles. The molecule has 20 heavy (non-hydrogen) atoms. The van der Waals surface area contributed by atoms with Gasteiger partial charge < -0.3 is 10.6 Å². The lowest BCUT2D eigenvalue weighted by atomic mass is 10.1. The standard InChI is InChI=1S/C14H16N4O2/c1-8(13(19)17-11-4-5-11)16-14(20)9-2-3-10-7-15-18-12(10)6-9/h2-3,6-8,11H,4-5H2,1H3,(H,15,18)(H,16,20)(H,17,19). The maximum atomic E-state index is 12.1. The van der Waals surface area contributed by atoms with Crippen LogP contribution in [-0.4, -0.2) is 34.1 Å². The molecule has 6 heteroatoms. The van der Waals surface area contributed by atoms with Gasteiger partial charge in [-0.3, -0.25) is 14.7 Å². The molecule has 0 spiro atoms. The van der Waals surface area contributed by atoms with Crippen LogP contribution in [0.3, 0.4) is 0 Å². The summed E-state index contributed by atoms with van der Waals surface area (Å²) in [6.45, 7) is 1.68. The van der Waals surface area contributed by atoms with Crippen molar-refractivity contribution in [2.24, 2.45) is 0 Å². The molecule has 6 nitrogen and oxygen atoms in total. The van der Waals surface area contributed by atoms with Crippen LogP contribution in [-0.2, 0) is 4.79 Å². The van der Waals surface area contributed by atoms with Crippen LogP contribution in [0.5, 0.6) is 0 Å². The summed E-state index contributed by atoms with van der Waals surface area (Å²) in [6, 6.07) is 5.02. The Bertz CT molecular complexity index is 660. The Hall–Kier alpha value is -2.37. The first-order chi connectivity index (χ1) is 9.63. The number of nitrogens with zero attached hydrogens (tertiary/aromatic N) is 1. The smallest absolute Gasteiger partial charge is 0.251 e. The highest BCUT2D eigenvalue weighted by Gasteiger charge is 2.26. The maximum Gasteiger partial charge on any atom is 0.251 e. The molecule has 1 aromatic carbocycles. The second-order valence-electron chi connectivity index (χ2n) is 5.15. The van der Waals surface area contributed by atoms with E-state index in [1.54, 1.807) is 25.3 Å². The van der Waals surface area contributed by atoms with E-state index in [-0.39, 0.29) is 11.8 Å². The van der Waals surface area contributed by atoms with Crippen molar-refractivity contribution in [3.63, 3.8) is 0 Å². The van der Waals surface area contributed by atoms with Crippen LogP contribution in [0, 0.1) is 0 Å². The van der Waals surface area contributed by atoms with E-state index in [0.29, 0.717) is 11.6 Å². The van der Waals surface area contributed by atoms with E-state index in [1.807, 2.05) is 6.07 Å². The second kappa shape index (κ2) is 4.96. The summed E-state index contributed by atoms with van der Waals surface area (Å²) in [5.41, 5.74) is 1.31. The minimum absolute atomic E-state index is 0.136. The molecule has 104 valence electrons. The van der Waals surface area contributed by atoms with E-state index in [1.165, 1.54) is 0 Å². The Morgan fingerprint density at radius 1 is 1.40 bits per heavy atom. The van der Waals surface area contributed by atoms with Gasteiger partial charge in [-0.1, -0.05) is 6.07 Å². The summed E-state index contributed by atoms with van der Waals surface area (Å²) in [5.74, 6) is -0.400. The molecular weight excluding hydrogens is 256 g/mol. The fourth-order valence-corrected chi connectivity index (χ4v) is 1.98. The van der Waals surface area contributed by atoms with Gasteiger partial charge in [0.15, 0.2) is 0 Å². The highest BCUT2D eigenvalue weighted by molar-refractivity contribution is 6.00. The van der Waals surface area contributed by atoms with Gasteiger partial charge >= 0.3 is 0 Å². The van der Waals surface area contributed by atoms with Gasteiger partial charge in [-0.25, -0.2) is 0 Å². The van der Waals surface area contributed by atoms with E-state index in [9.17, 15) is 9.59 Å². The first-order valence-electron chi connectivity index (χ1n) is 6.68. The van der Waals surface area contributed by atoms with Crippen molar-refractivity contribution in [3.05, 3.63) is 30.0 Å². The average molecular weight is 272 g/mol. The summed E-state index contributed by atoms with van der Waals surface area (Å²) >= 11 is 0. The monoisotopic (exact) mass is 272 g/mol. The number of amides is 2. The van der Waals surface area contributed by atoms with Gasteiger partial charge in [-0.15, -0.1) is 0 Å². The Labute approximate surface area is 115 Å². The third-order valence-electron chi connectivity index (χ3n) is 3.37. The lowest BCUT2D eigenvalue weighted by Gasteiger charge is -2.13. The van der Waals surface area contributed by atoms with Crippen molar-refractivity contribution in [3.8, 4) is 0 Å². The van der Waals surface area contributed by atoms with Crippen LogP contribution in [0.4, 0.5) is 0 Å². The van der Waals surface area contributed by atoms with E-state index in [4.69, 9.17) is 0 Å². The molecule has 1 fully saturated rings. The quantitative estimate of drug-likeness (QED) is 0.774. The topological polar surface area (TPSA) is 86.9 Å². The number of nitrogens with one attached hydrogen (secondary N) is 3. The van der Waals surface area contributed by atoms with Gasteiger partial charge in [0.1, 0.15) is 6.04 Å². The zero-order valence-corrected chi connectivity index (χ0v) is 11.1. The normalized spacial score (nSPS) is 15.8. The molecular formula is C14H16N4O2. The molecule has 1 aromatic heterocycles. The van der Waals surface area contributed by atoms with Crippen LogP contribution in [0.15, 0.2) is 24.4 Å². The predicted octanol–water partition coefficient (Wildman–Crippen LogP) is 0.960. The zero-order chi connectivity index (χ0) is 14.1. The van der Waals surface area contributed by atoms with Gasteiger partial charge in [-0.05, 0) is 31.9 Å². The summed E-state index contributed by atoms with van der Waals surface area (Å²) in [4.78, 5) is 23.9. The van der Waals surface area contributed by atoms with Gasteiger partial charge in [0.25, 0.3) is 5.91 Å². The van der Waals surface area contributed by atoms with Crippen LogP contribution >= 0.6 is 0 Å². The first-order valence-corrected chi connectivity index (χ1v) is 6.68. The Kier molecular flexibility index (Phi) is 3.14. The molecule has 1 aliphatic carbocycles. The molecule has 1 unspecified atom stereocenters. The molecule has 3 N–H and O–H groups in total. The van der Waals surface area contributed by atoms with E-state index in [0.717, 1.165) is 23.7 Å². The molecule has 1 heterocycles. The SMILES string of the molecule is CC(NC(=O)c1ccc2cn[nH]c2c1)C(=O)NC1CC1. The molecule has 0 radical (unpaired) electrons. The fourth-order valence-electron chi connectivity index (χ4n) is 1.98. The molecule has 3 rings (SSSR count). The molecule has 0 aliphatic heterocycles. The predicted molar refractivity (Wildman–Crippen MR) is 74.2 cm³/mol. The molecule has 1 aliphatic rings. The Balaban J connectivity index is 1.66. The van der Waals surface area contributed by atoms with Crippen molar-refractivity contribution in [1.29, 1.82) is 0 Å². The summed E-state index contributed by atoms with van der Waals surface area (Å²) in [5, 5.41) is 13.2. The molecule has 2 aromatic rings. The zero-order valence-electron chi connectivity index (χ0n) is 11.1. The van der Waals surface area contributed by atoms with Crippen molar-refractivity contribution >= 4 is 22.7 Å². The average Bonchev–Trinajstić information content (AvgIpc) is 3.12. The van der Waals surface area contributed by atoms with Crippen LogP contribution in [0.2, 0.25) is 0 Å². The lowest BCUT2D eigenvalue weighted by molar-refractivity contribution is -0.122. The minimum Gasteiger partial charge on any atom is -0.352 e. The Morgan fingerprint density at radius 2 is 2.20 bits per heavy atom. The summed E-state index contributed by atoms with van der Waals surface area (Å²) in [6.07, 6.45) is 3.76. The number of hydrogen-bond acceptors (Lipinski definition) is 3. The van der Waals surface area contributed by atoms with Crippen LogP contribution in [0.1, 0.15) is 30.1 Å². The van der Waals surface area contributed by atoms with Crippen LogP contribution in [0.25, 0.3) is 10.9 Å². The van der Waals surface area contributed by atoms with E-state index >= 15 is 0 Å². The highest BCUT2D eigenvalue weighted by Crippen LogP contribution is 2.18. The van der Waals surface area contributed by atoms with E-state index in [2.05, 4.69) is 20.8 Å². The highest BCUT2D eigenvalue weighted by atomic mass is 16.2. The van der Waals surface area contributed by atoms with Gasteiger partial charge in [0, 0.05) is 17.0 Å². The minimum atomic E-state index is -0.541.